The Bertz CT molecular complexity index is 302. The van der Waals surface area contributed by atoms with E-state index in [4.69, 9.17) is 9.47 Å². The summed E-state index contributed by atoms with van der Waals surface area (Å²) in [6.45, 7) is 14.3. The molecule has 0 saturated heterocycles. The van der Waals surface area contributed by atoms with Crippen LogP contribution in [0.3, 0.4) is 0 Å². The third-order valence-electron chi connectivity index (χ3n) is 1.85. The zero-order valence-electron chi connectivity index (χ0n) is 13.3. The fraction of sp³-hybridized carbons (Fsp3) is 0.857. The van der Waals surface area contributed by atoms with Crippen LogP contribution in [0, 0.1) is 0 Å². The SMILES string of the molecule is CC(C)(CC(=O)OC(C)(C)C)NC(=O)OC(C)(C)C. The normalized spacial score (nSPS) is 12.8. The molecule has 0 fully saturated rings. The molecule has 19 heavy (non-hydrogen) atoms. The van der Waals surface area contributed by atoms with E-state index in [1.807, 2.05) is 0 Å². The van der Waals surface area contributed by atoms with E-state index in [-0.39, 0.29) is 12.4 Å². The van der Waals surface area contributed by atoms with Crippen LogP contribution < -0.4 is 5.32 Å². The number of hydrogen-bond acceptors (Lipinski definition) is 4. The number of amides is 1. The third-order valence-corrected chi connectivity index (χ3v) is 1.85. The topological polar surface area (TPSA) is 64.6 Å². The van der Waals surface area contributed by atoms with Gasteiger partial charge >= 0.3 is 12.1 Å². The van der Waals surface area contributed by atoms with E-state index in [0.29, 0.717) is 0 Å². The molecule has 0 atom stereocenters. The van der Waals surface area contributed by atoms with Crippen LogP contribution in [-0.2, 0) is 14.3 Å². The molecule has 0 aromatic carbocycles. The molecule has 112 valence electrons. The van der Waals surface area contributed by atoms with Gasteiger partial charge in [-0.15, -0.1) is 0 Å². The highest BCUT2D eigenvalue weighted by molar-refractivity contribution is 5.74. The second-order valence-corrected chi connectivity index (χ2v) is 7.27. The molecule has 0 aromatic rings. The van der Waals surface area contributed by atoms with Crippen LogP contribution in [0.4, 0.5) is 4.79 Å². The van der Waals surface area contributed by atoms with E-state index in [2.05, 4.69) is 5.32 Å². The molecule has 0 saturated carbocycles. The molecule has 0 aliphatic carbocycles. The van der Waals surface area contributed by atoms with Crippen LogP contribution in [0.2, 0.25) is 0 Å². The summed E-state index contributed by atoms with van der Waals surface area (Å²) >= 11 is 0. The first kappa shape index (κ1) is 17.7. The van der Waals surface area contributed by atoms with Crippen LogP contribution in [0.15, 0.2) is 0 Å². The predicted molar refractivity (Wildman–Crippen MR) is 73.9 cm³/mol. The van der Waals surface area contributed by atoms with Gasteiger partial charge in [-0.2, -0.15) is 0 Å². The van der Waals surface area contributed by atoms with Crippen molar-refractivity contribution in [3.63, 3.8) is 0 Å². The van der Waals surface area contributed by atoms with Crippen LogP contribution >= 0.6 is 0 Å². The fourth-order valence-electron chi connectivity index (χ4n) is 1.36. The maximum absolute atomic E-state index is 11.7. The maximum Gasteiger partial charge on any atom is 0.408 e. The number of esters is 1. The van der Waals surface area contributed by atoms with Gasteiger partial charge in [0, 0.05) is 5.54 Å². The van der Waals surface area contributed by atoms with Crippen molar-refractivity contribution < 1.29 is 19.1 Å². The molecule has 1 amide bonds. The van der Waals surface area contributed by atoms with Crippen molar-refractivity contribution in [3.05, 3.63) is 0 Å². The highest BCUT2D eigenvalue weighted by Gasteiger charge is 2.29. The average Bonchev–Trinajstić information content (AvgIpc) is 1.89. The molecule has 0 unspecified atom stereocenters. The standard InChI is InChI=1S/C14H27NO4/c1-12(2,3)18-10(16)9-14(7,8)15-11(17)19-13(4,5)6/h9H2,1-8H3,(H,15,17). The van der Waals surface area contributed by atoms with Crippen LogP contribution in [0.25, 0.3) is 0 Å². The predicted octanol–water partition coefficient (Wildman–Crippen LogP) is 3.02. The van der Waals surface area contributed by atoms with E-state index in [1.54, 1.807) is 55.4 Å². The first-order valence-corrected chi connectivity index (χ1v) is 6.43. The number of carbonyl (C=O) groups excluding carboxylic acids is 2. The monoisotopic (exact) mass is 273 g/mol. The van der Waals surface area contributed by atoms with Crippen molar-refractivity contribution in [2.75, 3.05) is 0 Å². The molecule has 5 heteroatoms. The minimum Gasteiger partial charge on any atom is -0.460 e. The minimum absolute atomic E-state index is 0.0868. The summed E-state index contributed by atoms with van der Waals surface area (Å²) < 4.78 is 10.4. The van der Waals surface area contributed by atoms with Gasteiger partial charge in [0.25, 0.3) is 0 Å². The van der Waals surface area contributed by atoms with Crippen molar-refractivity contribution in [1.82, 2.24) is 5.32 Å². The van der Waals surface area contributed by atoms with Crippen molar-refractivity contribution in [3.8, 4) is 0 Å². The Labute approximate surface area is 116 Å². The Morgan fingerprint density at radius 3 is 1.63 bits per heavy atom. The summed E-state index contributed by atoms with van der Waals surface area (Å²) in [6, 6.07) is 0. The van der Waals surface area contributed by atoms with Crippen LogP contribution in [0.1, 0.15) is 61.8 Å². The highest BCUT2D eigenvalue weighted by Crippen LogP contribution is 2.16. The lowest BCUT2D eigenvalue weighted by molar-refractivity contribution is -0.156. The molecule has 5 nitrogen and oxygen atoms in total. The van der Waals surface area contributed by atoms with Crippen molar-refractivity contribution in [1.29, 1.82) is 0 Å². The lowest BCUT2D eigenvalue weighted by Gasteiger charge is -2.29. The third kappa shape index (κ3) is 10.4. The Kier molecular flexibility index (Phi) is 5.42. The Morgan fingerprint density at radius 1 is 0.842 bits per heavy atom. The number of hydrogen-bond donors (Lipinski definition) is 1. The number of nitrogens with one attached hydrogen (secondary N) is 1. The Balaban J connectivity index is 4.40. The minimum atomic E-state index is -0.718. The highest BCUT2D eigenvalue weighted by atomic mass is 16.6. The summed E-state index contributed by atoms with van der Waals surface area (Å²) in [5.41, 5.74) is -1.81. The molecule has 0 aliphatic rings. The van der Waals surface area contributed by atoms with Crippen molar-refractivity contribution >= 4 is 12.1 Å². The molecule has 0 radical (unpaired) electrons. The lowest BCUT2D eigenvalue weighted by Crippen LogP contribution is -2.47. The smallest absolute Gasteiger partial charge is 0.408 e. The zero-order valence-corrected chi connectivity index (χ0v) is 13.3. The summed E-state index contributed by atoms with van der Waals surface area (Å²) in [7, 11) is 0. The Morgan fingerprint density at radius 2 is 1.26 bits per heavy atom. The maximum atomic E-state index is 11.7. The average molecular weight is 273 g/mol. The van der Waals surface area contributed by atoms with E-state index < -0.39 is 22.8 Å². The van der Waals surface area contributed by atoms with Gasteiger partial charge in [-0.3, -0.25) is 4.79 Å². The molecule has 0 aliphatic heterocycles. The number of ether oxygens (including phenoxy) is 2. The quantitative estimate of drug-likeness (QED) is 0.803. The van der Waals surface area contributed by atoms with Gasteiger partial charge < -0.3 is 14.8 Å². The van der Waals surface area contributed by atoms with Gasteiger partial charge in [0.05, 0.1) is 6.42 Å². The van der Waals surface area contributed by atoms with Gasteiger partial charge in [0.15, 0.2) is 0 Å². The second kappa shape index (κ2) is 5.80. The van der Waals surface area contributed by atoms with Gasteiger partial charge in [-0.05, 0) is 55.4 Å². The summed E-state index contributed by atoms with van der Waals surface area (Å²) in [6.07, 6.45) is -0.454. The van der Waals surface area contributed by atoms with E-state index >= 15 is 0 Å². The molecule has 0 spiro atoms. The van der Waals surface area contributed by atoms with Crippen molar-refractivity contribution in [2.45, 2.75) is 78.6 Å². The van der Waals surface area contributed by atoms with Gasteiger partial charge in [-0.1, -0.05) is 0 Å². The largest absolute Gasteiger partial charge is 0.460 e. The van der Waals surface area contributed by atoms with E-state index in [9.17, 15) is 9.59 Å². The van der Waals surface area contributed by atoms with Gasteiger partial charge in [0.1, 0.15) is 11.2 Å². The first-order chi connectivity index (χ1) is 8.20. The Hall–Kier alpha value is -1.26. The van der Waals surface area contributed by atoms with Crippen LogP contribution in [-0.4, -0.2) is 28.8 Å². The second-order valence-electron chi connectivity index (χ2n) is 7.27. The zero-order chi connectivity index (χ0) is 15.5. The molecular weight excluding hydrogens is 246 g/mol. The van der Waals surface area contributed by atoms with Gasteiger partial charge in [-0.25, -0.2) is 4.79 Å². The number of carbonyl (C=O) groups is 2. The molecule has 0 heterocycles. The molecule has 0 aromatic heterocycles. The fourth-order valence-corrected chi connectivity index (χ4v) is 1.36. The van der Waals surface area contributed by atoms with Gasteiger partial charge in [0.2, 0.25) is 0 Å². The molecule has 1 N–H and O–H groups in total. The lowest BCUT2D eigenvalue weighted by atomic mass is 10.0. The molecule has 0 bridgehead atoms. The van der Waals surface area contributed by atoms with Crippen LogP contribution in [0.5, 0.6) is 0 Å². The number of alkyl carbamates (subject to hydrolysis) is 1. The molecule has 0 rings (SSSR count). The van der Waals surface area contributed by atoms with E-state index in [1.165, 1.54) is 0 Å². The first-order valence-electron chi connectivity index (χ1n) is 6.43. The number of rotatable bonds is 3. The van der Waals surface area contributed by atoms with Crippen molar-refractivity contribution in [2.24, 2.45) is 0 Å². The molecular formula is C14H27NO4. The summed E-state index contributed by atoms with van der Waals surface area (Å²) in [4.78, 5) is 23.4. The summed E-state index contributed by atoms with van der Waals surface area (Å²) in [5.74, 6) is -0.353. The summed E-state index contributed by atoms with van der Waals surface area (Å²) in [5, 5.41) is 2.67. The van der Waals surface area contributed by atoms with E-state index in [0.717, 1.165) is 0 Å².